The first-order chi connectivity index (χ1) is 19.7. The van der Waals surface area contributed by atoms with Crippen molar-refractivity contribution < 1.29 is 24.0 Å². The van der Waals surface area contributed by atoms with Gasteiger partial charge in [-0.15, -0.1) is 11.3 Å². The van der Waals surface area contributed by atoms with E-state index in [-0.39, 0.29) is 30.7 Å². The van der Waals surface area contributed by atoms with Crippen molar-refractivity contribution in [2.75, 3.05) is 6.54 Å². The number of benzene rings is 2. The Morgan fingerprint density at radius 1 is 0.976 bits per heavy atom. The summed E-state index contributed by atoms with van der Waals surface area (Å²) in [5, 5.41) is 11.9. The van der Waals surface area contributed by atoms with Gasteiger partial charge in [-0.05, 0) is 54.7 Å². The van der Waals surface area contributed by atoms with Crippen LogP contribution in [0.4, 0.5) is 0 Å². The van der Waals surface area contributed by atoms with Gasteiger partial charge in [-0.2, -0.15) is 0 Å². The van der Waals surface area contributed by atoms with Crippen molar-refractivity contribution >= 4 is 50.8 Å². The number of fused-ring (bicyclic) bond motifs is 1. The fraction of sp³-hybridized carbons (Fsp3) is 0.387. The third kappa shape index (κ3) is 8.23. The predicted octanol–water partition coefficient (Wildman–Crippen LogP) is 3.33. The minimum atomic E-state index is -1.22. The van der Waals surface area contributed by atoms with E-state index in [4.69, 9.17) is 0 Å². The SMILES string of the molecule is CC(C)C[C@H](NC(=O)c1cc2ccccc2s1)C(=O)N[C@@H](C[C@@H]1CCCNC1=O)C(=O)C(=O)NCc1ccccc1. The van der Waals surface area contributed by atoms with Gasteiger partial charge in [0.1, 0.15) is 6.04 Å². The monoisotopic (exact) mass is 576 g/mol. The van der Waals surface area contributed by atoms with Gasteiger partial charge < -0.3 is 21.3 Å². The molecular formula is C31H36N4O5S. The first-order valence-corrected chi connectivity index (χ1v) is 14.8. The van der Waals surface area contributed by atoms with Gasteiger partial charge in [0.25, 0.3) is 11.8 Å². The molecule has 216 valence electrons. The van der Waals surface area contributed by atoms with Crippen LogP contribution < -0.4 is 21.3 Å². The van der Waals surface area contributed by atoms with Gasteiger partial charge in [-0.25, -0.2) is 0 Å². The summed E-state index contributed by atoms with van der Waals surface area (Å²) in [5.74, 6) is -3.29. The van der Waals surface area contributed by atoms with E-state index in [9.17, 15) is 24.0 Å². The largest absolute Gasteiger partial charge is 0.356 e. The van der Waals surface area contributed by atoms with Crippen molar-refractivity contribution in [1.29, 1.82) is 0 Å². The second-order valence-electron chi connectivity index (χ2n) is 10.8. The molecule has 3 atom stereocenters. The quantitative estimate of drug-likeness (QED) is 0.246. The summed E-state index contributed by atoms with van der Waals surface area (Å²) in [6, 6.07) is 16.4. The Bertz CT molecular complexity index is 1370. The molecule has 2 aromatic carbocycles. The van der Waals surface area contributed by atoms with Gasteiger partial charge >= 0.3 is 0 Å². The number of carbonyl (C=O) groups is 5. The summed E-state index contributed by atoms with van der Waals surface area (Å²) in [7, 11) is 0. The lowest BCUT2D eigenvalue weighted by Crippen LogP contribution is -2.55. The molecule has 0 saturated carbocycles. The highest BCUT2D eigenvalue weighted by Crippen LogP contribution is 2.25. The molecule has 0 spiro atoms. The summed E-state index contributed by atoms with van der Waals surface area (Å²) in [6.07, 6.45) is 1.61. The van der Waals surface area contributed by atoms with Crippen molar-refractivity contribution in [2.24, 2.45) is 11.8 Å². The Hall–Kier alpha value is -4.05. The molecule has 41 heavy (non-hydrogen) atoms. The Kier molecular flexibility index (Phi) is 10.2. The van der Waals surface area contributed by atoms with Crippen molar-refractivity contribution in [3.05, 3.63) is 71.1 Å². The number of amides is 4. The molecule has 4 rings (SSSR count). The summed E-state index contributed by atoms with van der Waals surface area (Å²) in [4.78, 5) is 65.9. The molecule has 2 heterocycles. The molecule has 9 nitrogen and oxygen atoms in total. The van der Waals surface area contributed by atoms with Crippen LogP contribution in [-0.4, -0.2) is 48.0 Å². The van der Waals surface area contributed by atoms with Crippen molar-refractivity contribution in [3.63, 3.8) is 0 Å². The van der Waals surface area contributed by atoms with Crippen LogP contribution >= 0.6 is 11.3 Å². The molecule has 0 bridgehead atoms. The smallest absolute Gasteiger partial charge is 0.289 e. The topological polar surface area (TPSA) is 133 Å². The summed E-state index contributed by atoms with van der Waals surface area (Å²) in [5.41, 5.74) is 0.821. The Labute approximate surface area is 243 Å². The maximum absolute atomic E-state index is 13.6. The first-order valence-electron chi connectivity index (χ1n) is 13.9. The van der Waals surface area contributed by atoms with Crippen molar-refractivity contribution in [3.8, 4) is 0 Å². The molecule has 1 fully saturated rings. The normalized spacial score (nSPS) is 16.5. The maximum atomic E-state index is 13.6. The minimum Gasteiger partial charge on any atom is -0.356 e. The molecule has 1 aliphatic heterocycles. The summed E-state index contributed by atoms with van der Waals surface area (Å²) < 4.78 is 0.959. The van der Waals surface area contributed by atoms with Crippen LogP contribution in [0, 0.1) is 11.8 Å². The fourth-order valence-corrected chi connectivity index (χ4v) is 5.86. The van der Waals surface area contributed by atoms with Crippen LogP contribution in [0.25, 0.3) is 10.1 Å². The van der Waals surface area contributed by atoms with Crippen LogP contribution in [0.1, 0.15) is 54.8 Å². The van der Waals surface area contributed by atoms with Gasteiger partial charge in [-0.3, -0.25) is 24.0 Å². The number of hydrogen-bond acceptors (Lipinski definition) is 6. The summed E-state index contributed by atoms with van der Waals surface area (Å²) in [6.45, 7) is 4.56. The Balaban J connectivity index is 1.49. The van der Waals surface area contributed by atoms with E-state index in [0.29, 0.717) is 24.3 Å². The van der Waals surface area contributed by atoms with Crippen LogP contribution in [0.2, 0.25) is 0 Å². The molecular weight excluding hydrogens is 540 g/mol. The van der Waals surface area contributed by atoms with Crippen LogP contribution in [0.5, 0.6) is 0 Å². The molecule has 4 amide bonds. The van der Waals surface area contributed by atoms with E-state index in [1.165, 1.54) is 11.3 Å². The number of carbonyl (C=O) groups excluding carboxylic acids is 5. The van der Waals surface area contributed by atoms with E-state index >= 15 is 0 Å². The van der Waals surface area contributed by atoms with E-state index in [1.54, 1.807) is 6.07 Å². The van der Waals surface area contributed by atoms with Gasteiger partial charge in [0.15, 0.2) is 0 Å². The Morgan fingerprint density at radius 3 is 2.41 bits per heavy atom. The number of thiophene rings is 1. The summed E-state index contributed by atoms with van der Waals surface area (Å²) >= 11 is 1.33. The second kappa shape index (κ2) is 14.0. The number of hydrogen-bond donors (Lipinski definition) is 4. The van der Waals surface area contributed by atoms with E-state index < -0.39 is 35.6 Å². The van der Waals surface area contributed by atoms with Gasteiger partial charge in [0.2, 0.25) is 17.6 Å². The minimum absolute atomic E-state index is 0.00613. The van der Waals surface area contributed by atoms with Crippen LogP contribution in [-0.2, 0) is 25.7 Å². The molecule has 1 aromatic heterocycles. The van der Waals surface area contributed by atoms with E-state index in [1.807, 2.05) is 68.4 Å². The number of rotatable bonds is 12. The first kappa shape index (κ1) is 29.9. The number of piperidine rings is 1. The third-order valence-electron chi connectivity index (χ3n) is 7.05. The van der Waals surface area contributed by atoms with Crippen LogP contribution in [0.15, 0.2) is 60.7 Å². The third-order valence-corrected chi connectivity index (χ3v) is 8.17. The van der Waals surface area contributed by atoms with Crippen molar-refractivity contribution in [2.45, 2.75) is 58.2 Å². The number of nitrogens with one attached hydrogen (secondary N) is 4. The Morgan fingerprint density at radius 2 is 1.71 bits per heavy atom. The molecule has 1 saturated heterocycles. The highest BCUT2D eigenvalue weighted by Gasteiger charge is 2.35. The molecule has 3 aromatic rings. The zero-order valence-corrected chi connectivity index (χ0v) is 24.1. The lowest BCUT2D eigenvalue weighted by molar-refractivity contribution is -0.141. The number of Topliss-reactive ketones (excluding diaryl/α,β-unsaturated/α-hetero) is 1. The van der Waals surface area contributed by atoms with Crippen molar-refractivity contribution in [1.82, 2.24) is 21.3 Å². The molecule has 4 N–H and O–H groups in total. The van der Waals surface area contributed by atoms with Gasteiger partial charge in [0.05, 0.1) is 10.9 Å². The second-order valence-corrected chi connectivity index (χ2v) is 11.8. The predicted molar refractivity (Wildman–Crippen MR) is 158 cm³/mol. The maximum Gasteiger partial charge on any atom is 0.289 e. The standard InChI is InChI=1S/C31H36N4O5S/c1-19(2)15-24(35-30(39)26-17-21-11-6-7-13-25(21)41-26)29(38)34-23(16-22-12-8-14-32-28(22)37)27(36)31(40)33-18-20-9-4-3-5-10-20/h3-7,9-11,13,17,19,22-24H,8,12,14-16,18H2,1-2H3,(H,32,37)(H,33,40)(H,34,38)(H,35,39)/t22-,23-,24-/m0/s1. The van der Waals surface area contributed by atoms with Gasteiger partial charge in [0, 0.05) is 23.7 Å². The number of ketones is 1. The highest BCUT2D eigenvalue weighted by molar-refractivity contribution is 7.20. The molecule has 0 aliphatic carbocycles. The van der Waals surface area contributed by atoms with Crippen LogP contribution in [0.3, 0.4) is 0 Å². The zero-order chi connectivity index (χ0) is 29.4. The lowest BCUT2D eigenvalue weighted by Gasteiger charge is -2.27. The van der Waals surface area contributed by atoms with E-state index in [0.717, 1.165) is 22.1 Å². The fourth-order valence-electron chi connectivity index (χ4n) is 4.90. The average molecular weight is 577 g/mol. The van der Waals surface area contributed by atoms with E-state index in [2.05, 4.69) is 21.3 Å². The molecule has 0 radical (unpaired) electrons. The molecule has 0 unspecified atom stereocenters. The average Bonchev–Trinajstić information content (AvgIpc) is 3.41. The highest BCUT2D eigenvalue weighted by atomic mass is 32.1. The zero-order valence-electron chi connectivity index (χ0n) is 23.3. The van der Waals surface area contributed by atoms with Gasteiger partial charge in [-0.1, -0.05) is 62.4 Å². The molecule has 1 aliphatic rings. The lowest BCUT2D eigenvalue weighted by atomic mass is 9.89. The molecule has 10 heteroatoms.